The monoisotopic (exact) mass is 393 g/mol. The van der Waals surface area contributed by atoms with E-state index in [1.165, 1.54) is 18.4 Å². The molecule has 1 fully saturated rings. The molecule has 1 aromatic rings. The van der Waals surface area contributed by atoms with E-state index < -0.39 is 5.91 Å². The van der Waals surface area contributed by atoms with Gasteiger partial charge in [-0.3, -0.25) is 9.59 Å². The molecule has 0 spiro atoms. The van der Waals surface area contributed by atoms with Crippen LogP contribution < -0.4 is 5.32 Å². The number of methoxy groups -OCH3 is 1. The first kappa shape index (κ1) is 19.4. The maximum absolute atomic E-state index is 12.6. The predicted octanol–water partition coefficient (Wildman–Crippen LogP) is 2.99. The first-order valence-electron chi connectivity index (χ1n) is 7.91. The van der Waals surface area contributed by atoms with Crippen molar-refractivity contribution in [2.75, 3.05) is 26.8 Å². The number of aromatic nitrogens is 1. The molecule has 0 bridgehead atoms. The molecular weight excluding hydrogens is 373 g/mol. The van der Waals surface area contributed by atoms with Crippen molar-refractivity contribution in [3.05, 3.63) is 15.1 Å². The van der Waals surface area contributed by atoms with E-state index in [0.29, 0.717) is 6.61 Å². The molecule has 9 heteroatoms. The Morgan fingerprint density at radius 2 is 2.04 bits per heavy atom. The van der Waals surface area contributed by atoms with Crippen LogP contribution in [-0.4, -0.2) is 53.9 Å². The molecule has 1 N–H and O–H groups in total. The molecule has 1 aliphatic carbocycles. The summed E-state index contributed by atoms with van der Waals surface area (Å²) in [6, 6.07) is 0.197. The van der Waals surface area contributed by atoms with Crippen LogP contribution in [0.25, 0.3) is 0 Å². The van der Waals surface area contributed by atoms with Gasteiger partial charge in [-0.1, -0.05) is 42.5 Å². The fourth-order valence-electron chi connectivity index (χ4n) is 2.69. The largest absolute Gasteiger partial charge is 0.383 e. The molecule has 24 heavy (non-hydrogen) atoms. The molecule has 1 heterocycles. The lowest BCUT2D eigenvalue weighted by Gasteiger charge is -2.25. The molecule has 1 aliphatic rings. The average Bonchev–Trinajstić information content (AvgIpc) is 2.91. The van der Waals surface area contributed by atoms with Gasteiger partial charge in [-0.25, -0.2) is 0 Å². The van der Waals surface area contributed by atoms with Crippen LogP contribution in [0.15, 0.2) is 0 Å². The Morgan fingerprint density at radius 3 is 2.62 bits per heavy atom. The number of halogens is 2. The van der Waals surface area contributed by atoms with Gasteiger partial charge in [0.2, 0.25) is 5.91 Å². The van der Waals surface area contributed by atoms with Crippen LogP contribution >= 0.6 is 34.7 Å². The molecule has 0 unspecified atom stereocenters. The highest BCUT2D eigenvalue weighted by atomic mass is 35.5. The van der Waals surface area contributed by atoms with Gasteiger partial charge in [0.05, 0.1) is 13.2 Å². The molecule has 1 aromatic heterocycles. The van der Waals surface area contributed by atoms with Crippen molar-refractivity contribution in [3.8, 4) is 0 Å². The quantitative estimate of drug-likeness (QED) is 0.772. The zero-order valence-electron chi connectivity index (χ0n) is 13.5. The van der Waals surface area contributed by atoms with Crippen molar-refractivity contribution in [1.29, 1.82) is 0 Å². The lowest BCUT2D eigenvalue weighted by molar-refractivity contribution is -0.122. The van der Waals surface area contributed by atoms with E-state index in [9.17, 15) is 9.59 Å². The summed E-state index contributed by atoms with van der Waals surface area (Å²) in [5, 5.41) is 3.13. The summed E-state index contributed by atoms with van der Waals surface area (Å²) in [5.41, 5.74) is 0.0771. The molecule has 0 aromatic carbocycles. The summed E-state index contributed by atoms with van der Waals surface area (Å²) in [6.45, 7) is 0.543. The number of hydrogen-bond acceptors (Lipinski definition) is 5. The average molecular weight is 394 g/mol. The van der Waals surface area contributed by atoms with E-state index >= 15 is 0 Å². The van der Waals surface area contributed by atoms with E-state index in [4.69, 9.17) is 27.9 Å². The number of hydrogen-bond donors (Lipinski definition) is 1. The van der Waals surface area contributed by atoms with E-state index in [2.05, 4.69) is 9.69 Å². The van der Waals surface area contributed by atoms with Crippen LogP contribution in [0.5, 0.6) is 0 Å². The molecule has 0 saturated heterocycles. The number of carbonyl (C=O) groups is 2. The molecule has 0 aliphatic heterocycles. The molecule has 2 amide bonds. The van der Waals surface area contributed by atoms with Crippen molar-refractivity contribution in [1.82, 2.24) is 14.6 Å². The van der Waals surface area contributed by atoms with Crippen molar-refractivity contribution in [3.63, 3.8) is 0 Å². The number of ether oxygens (including phenoxy) is 1. The van der Waals surface area contributed by atoms with Crippen molar-refractivity contribution >= 4 is 46.5 Å². The van der Waals surface area contributed by atoms with Crippen LogP contribution in [0.2, 0.25) is 9.36 Å². The van der Waals surface area contributed by atoms with Crippen LogP contribution in [-0.2, 0) is 9.53 Å². The Kier molecular flexibility index (Phi) is 7.74. The minimum Gasteiger partial charge on any atom is -0.383 e. The SMILES string of the molecule is COCCN(CC(=O)NC1CCCCC1)C(=O)c1nsc(Cl)c1Cl. The highest BCUT2D eigenvalue weighted by Crippen LogP contribution is 2.30. The lowest BCUT2D eigenvalue weighted by Crippen LogP contribution is -2.45. The molecule has 0 radical (unpaired) electrons. The second-order valence-corrected chi connectivity index (χ2v) is 7.49. The first-order valence-corrected chi connectivity index (χ1v) is 9.44. The minimum absolute atomic E-state index is 0.0514. The molecule has 6 nitrogen and oxygen atoms in total. The van der Waals surface area contributed by atoms with E-state index in [0.717, 1.165) is 37.2 Å². The maximum Gasteiger partial charge on any atom is 0.275 e. The van der Waals surface area contributed by atoms with Crippen LogP contribution in [0.1, 0.15) is 42.6 Å². The van der Waals surface area contributed by atoms with E-state index in [1.54, 1.807) is 0 Å². The molecule has 134 valence electrons. The molecular formula is C15H21Cl2N3O3S. The van der Waals surface area contributed by atoms with Gasteiger partial charge in [-0.15, -0.1) is 0 Å². The van der Waals surface area contributed by atoms with Gasteiger partial charge >= 0.3 is 0 Å². The third-order valence-corrected chi connectivity index (χ3v) is 5.57. The third-order valence-electron chi connectivity index (χ3n) is 3.96. The lowest BCUT2D eigenvalue weighted by atomic mass is 9.95. The summed E-state index contributed by atoms with van der Waals surface area (Å²) in [4.78, 5) is 26.3. The highest BCUT2D eigenvalue weighted by molar-refractivity contribution is 7.11. The minimum atomic E-state index is -0.418. The van der Waals surface area contributed by atoms with Gasteiger partial charge in [0.15, 0.2) is 5.69 Å². The fourth-order valence-corrected chi connectivity index (χ4v) is 3.68. The molecule has 2 rings (SSSR count). The number of nitrogens with zero attached hydrogens (tertiary/aromatic N) is 2. The maximum atomic E-state index is 12.6. The van der Waals surface area contributed by atoms with Gasteiger partial charge in [0.1, 0.15) is 9.36 Å². The van der Waals surface area contributed by atoms with Crippen molar-refractivity contribution in [2.24, 2.45) is 0 Å². The van der Waals surface area contributed by atoms with Gasteiger partial charge in [-0.2, -0.15) is 4.37 Å². The Hall–Kier alpha value is -0.890. The summed E-state index contributed by atoms with van der Waals surface area (Å²) in [6.07, 6.45) is 5.46. The third kappa shape index (κ3) is 5.31. The van der Waals surface area contributed by atoms with Gasteiger partial charge in [-0.05, 0) is 24.4 Å². The summed E-state index contributed by atoms with van der Waals surface area (Å²) in [7, 11) is 1.54. The van der Waals surface area contributed by atoms with Crippen molar-refractivity contribution < 1.29 is 14.3 Å². The first-order chi connectivity index (χ1) is 11.5. The second-order valence-electron chi connectivity index (χ2n) is 5.74. The van der Waals surface area contributed by atoms with Crippen LogP contribution in [0, 0.1) is 0 Å². The Morgan fingerprint density at radius 1 is 1.33 bits per heavy atom. The van der Waals surface area contributed by atoms with E-state index in [1.807, 2.05) is 0 Å². The summed E-state index contributed by atoms with van der Waals surface area (Å²) < 4.78 is 9.27. The number of amides is 2. The number of carbonyl (C=O) groups excluding carboxylic acids is 2. The molecule has 0 atom stereocenters. The Labute approximate surface area is 155 Å². The predicted molar refractivity (Wildman–Crippen MR) is 94.9 cm³/mol. The number of rotatable bonds is 7. The van der Waals surface area contributed by atoms with E-state index in [-0.39, 0.29) is 40.1 Å². The normalized spacial score (nSPS) is 15.3. The zero-order valence-corrected chi connectivity index (χ0v) is 15.8. The molecule has 1 saturated carbocycles. The van der Waals surface area contributed by atoms with Gasteiger partial charge < -0.3 is 15.0 Å². The van der Waals surface area contributed by atoms with Gasteiger partial charge in [0, 0.05) is 19.7 Å². The van der Waals surface area contributed by atoms with Crippen molar-refractivity contribution in [2.45, 2.75) is 38.1 Å². The zero-order chi connectivity index (χ0) is 17.5. The second kappa shape index (κ2) is 9.56. The standard InChI is InChI=1S/C15H21Cl2N3O3S/c1-23-8-7-20(15(22)13-12(16)14(17)24-19-13)9-11(21)18-10-5-3-2-4-6-10/h10H,2-9H2,1H3,(H,18,21). The van der Waals surface area contributed by atoms with Gasteiger partial charge in [0.25, 0.3) is 5.91 Å². The van der Waals surface area contributed by atoms with Crippen LogP contribution in [0.3, 0.4) is 0 Å². The summed E-state index contributed by atoms with van der Waals surface area (Å²) >= 11 is 12.8. The smallest absolute Gasteiger partial charge is 0.275 e. The topological polar surface area (TPSA) is 71.5 Å². The van der Waals surface area contributed by atoms with Crippen LogP contribution in [0.4, 0.5) is 0 Å². The fraction of sp³-hybridized carbons (Fsp3) is 0.667. The summed E-state index contributed by atoms with van der Waals surface area (Å²) in [5.74, 6) is -0.595. The Bertz CT molecular complexity index is 576. The Balaban J connectivity index is 2.00. The number of nitrogens with one attached hydrogen (secondary N) is 1. The highest BCUT2D eigenvalue weighted by Gasteiger charge is 2.25.